The third kappa shape index (κ3) is 4.21. The Labute approximate surface area is 175 Å². The first-order chi connectivity index (χ1) is 13.6. The summed E-state index contributed by atoms with van der Waals surface area (Å²) in [6.45, 7) is 3.03. The Hall–Kier alpha value is -1.97. The zero-order valence-electron chi connectivity index (χ0n) is 15.9. The van der Waals surface area contributed by atoms with Crippen LogP contribution in [0.15, 0.2) is 76.5 Å². The fraction of sp³-hybridized carbons (Fsp3) is 0.250. The molecule has 1 unspecified atom stereocenters. The highest BCUT2D eigenvalue weighted by molar-refractivity contribution is 7.99. The van der Waals surface area contributed by atoms with E-state index in [-0.39, 0.29) is 11.9 Å². The molecule has 1 aliphatic heterocycles. The first-order valence-corrected chi connectivity index (χ1v) is 10.9. The lowest BCUT2D eigenvalue weighted by atomic mass is 9.94. The van der Waals surface area contributed by atoms with E-state index in [1.54, 1.807) is 17.8 Å². The summed E-state index contributed by atoms with van der Waals surface area (Å²) in [5.41, 5.74) is 3.17. The average Bonchev–Trinajstić information content (AvgIpc) is 2.70. The molecule has 0 aliphatic carbocycles. The van der Waals surface area contributed by atoms with Crippen LogP contribution >= 0.6 is 23.4 Å². The van der Waals surface area contributed by atoms with Crippen molar-refractivity contribution in [3.8, 4) is 0 Å². The van der Waals surface area contributed by atoms with E-state index in [1.807, 2.05) is 6.07 Å². The molecule has 1 aliphatic rings. The molecule has 1 fully saturated rings. The maximum atomic E-state index is 14.7. The molecule has 0 bridgehead atoms. The Bertz CT molecular complexity index is 957. The summed E-state index contributed by atoms with van der Waals surface area (Å²) < 4.78 is 14.7. The number of rotatable bonds is 4. The van der Waals surface area contributed by atoms with E-state index in [0.717, 1.165) is 31.4 Å². The minimum absolute atomic E-state index is 0.0331. The third-order valence-corrected chi connectivity index (χ3v) is 6.56. The maximum absolute atomic E-state index is 14.7. The van der Waals surface area contributed by atoms with Gasteiger partial charge in [0.2, 0.25) is 0 Å². The van der Waals surface area contributed by atoms with E-state index in [4.69, 9.17) is 11.6 Å². The van der Waals surface area contributed by atoms with Crippen molar-refractivity contribution in [2.45, 2.75) is 42.0 Å². The van der Waals surface area contributed by atoms with Crippen molar-refractivity contribution in [3.05, 3.63) is 88.7 Å². The fourth-order valence-corrected chi connectivity index (χ4v) is 4.95. The van der Waals surface area contributed by atoms with Crippen molar-refractivity contribution in [2.75, 3.05) is 11.4 Å². The molecule has 4 heteroatoms. The van der Waals surface area contributed by atoms with Gasteiger partial charge in [-0.25, -0.2) is 4.39 Å². The zero-order valence-corrected chi connectivity index (χ0v) is 17.4. The highest BCUT2D eigenvalue weighted by Gasteiger charge is 2.28. The quantitative estimate of drug-likeness (QED) is 0.433. The minimum Gasteiger partial charge on any atom is -0.363 e. The lowest BCUT2D eigenvalue weighted by Crippen LogP contribution is -2.34. The first kappa shape index (κ1) is 19.4. The summed E-state index contributed by atoms with van der Waals surface area (Å²) >= 11 is 7.74. The van der Waals surface area contributed by atoms with Gasteiger partial charge in [-0.05, 0) is 62.6 Å². The van der Waals surface area contributed by atoms with Gasteiger partial charge in [-0.3, -0.25) is 0 Å². The molecule has 0 spiro atoms. The normalized spacial score (nSPS) is 17.0. The highest BCUT2D eigenvalue weighted by Crippen LogP contribution is 2.42. The second-order valence-electron chi connectivity index (χ2n) is 7.25. The van der Waals surface area contributed by atoms with Gasteiger partial charge in [-0.1, -0.05) is 59.3 Å². The smallest absolute Gasteiger partial charge is 0.129 e. The zero-order chi connectivity index (χ0) is 19.5. The van der Waals surface area contributed by atoms with Crippen molar-refractivity contribution >= 4 is 29.1 Å². The van der Waals surface area contributed by atoms with Gasteiger partial charge in [-0.15, -0.1) is 0 Å². The Morgan fingerprint density at radius 3 is 2.57 bits per heavy atom. The van der Waals surface area contributed by atoms with Crippen LogP contribution < -0.4 is 4.90 Å². The van der Waals surface area contributed by atoms with Gasteiger partial charge in [0, 0.05) is 26.9 Å². The standard InChI is InChI=1S/C24H23ClFNS/c1-17-9-12-19(13-10-17)28-24-8-3-2-7-23(24)27-15-5-4-6-22(27)20-14-11-18(25)16-21(20)26/h2-3,7-14,16,22H,4-6,15H2,1H3. The number of halogens is 2. The van der Waals surface area contributed by atoms with Gasteiger partial charge in [-0.2, -0.15) is 0 Å². The van der Waals surface area contributed by atoms with Crippen LogP contribution in [0.25, 0.3) is 0 Å². The Balaban J connectivity index is 1.69. The molecule has 28 heavy (non-hydrogen) atoms. The van der Waals surface area contributed by atoms with Crippen LogP contribution in [-0.4, -0.2) is 6.54 Å². The summed E-state index contributed by atoms with van der Waals surface area (Å²) in [6, 6.07) is 22.1. The summed E-state index contributed by atoms with van der Waals surface area (Å²) in [7, 11) is 0. The molecule has 144 valence electrons. The van der Waals surface area contributed by atoms with E-state index in [9.17, 15) is 4.39 Å². The number of piperidine rings is 1. The number of benzene rings is 3. The van der Waals surface area contributed by atoms with Crippen LogP contribution in [-0.2, 0) is 0 Å². The largest absolute Gasteiger partial charge is 0.363 e. The lowest BCUT2D eigenvalue weighted by molar-refractivity contribution is 0.454. The van der Waals surface area contributed by atoms with Gasteiger partial charge < -0.3 is 4.90 Å². The van der Waals surface area contributed by atoms with Gasteiger partial charge in [0.15, 0.2) is 0 Å². The van der Waals surface area contributed by atoms with Crippen LogP contribution in [0.2, 0.25) is 5.02 Å². The summed E-state index contributed by atoms with van der Waals surface area (Å²) in [6.07, 6.45) is 3.17. The predicted molar refractivity (Wildman–Crippen MR) is 117 cm³/mol. The fourth-order valence-electron chi connectivity index (χ4n) is 3.83. The molecule has 1 atom stereocenters. The number of aryl methyl sites for hydroxylation is 1. The van der Waals surface area contributed by atoms with Gasteiger partial charge >= 0.3 is 0 Å². The van der Waals surface area contributed by atoms with E-state index >= 15 is 0 Å². The van der Waals surface area contributed by atoms with Gasteiger partial charge in [0.1, 0.15) is 5.82 Å². The molecule has 0 aromatic heterocycles. The highest BCUT2D eigenvalue weighted by atomic mass is 35.5. The molecule has 1 heterocycles. The van der Waals surface area contributed by atoms with Crippen molar-refractivity contribution in [1.29, 1.82) is 0 Å². The Morgan fingerprint density at radius 2 is 1.79 bits per heavy atom. The molecule has 0 amide bonds. The Kier molecular flexibility index (Phi) is 5.93. The van der Waals surface area contributed by atoms with E-state index in [2.05, 4.69) is 60.4 Å². The maximum Gasteiger partial charge on any atom is 0.129 e. The molecule has 1 nitrogen and oxygen atoms in total. The second-order valence-corrected chi connectivity index (χ2v) is 8.81. The van der Waals surface area contributed by atoms with Crippen LogP contribution in [0.5, 0.6) is 0 Å². The number of hydrogen-bond donors (Lipinski definition) is 0. The SMILES string of the molecule is Cc1ccc(Sc2ccccc2N2CCCCC2c2ccc(Cl)cc2F)cc1. The van der Waals surface area contributed by atoms with Crippen molar-refractivity contribution < 1.29 is 4.39 Å². The Morgan fingerprint density at radius 1 is 1.00 bits per heavy atom. The molecular weight excluding hydrogens is 389 g/mol. The molecule has 3 aromatic rings. The molecule has 4 rings (SSSR count). The molecular formula is C24H23ClFNS. The van der Waals surface area contributed by atoms with Crippen LogP contribution in [0, 0.1) is 12.7 Å². The molecule has 0 saturated carbocycles. The molecule has 0 radical (unpaired) electrons. The summed E-state index contributed by atoms with van der Waals surface area (Å²) in [5.74, 6) is -0.215. The van der Waals surface area contributed by atoms with E-state index < -0.39 is 0 Å². The molecule has 3 aromatic carbocycles. The lowest BCUT2D eigenvalue weighted by Gasteiger charge is -2.39. The predicted octanol–water partition coefficient (Wildman–Crippen LogP) is 7.67. The minimum atomic E-state index is -0.215. The number of hydrogen-bond acceptors (Lipinski definition) is 2. The van der Waals surface area contributed by atoms with Crippen molar-refractivity contribution in [3.63, 3.8) is 0 Å². The van der Waals surface area contributed by atoms with Crippen molar-refractivity contribution in [1.82, 2.24) is 0 Å². The van der Waals surface area contributed by atoms with E-state index in [0.29, 0.717) is 5.02 Å². The second kappa shape index (κ2) is 8.59. The van der Waals surface area contributed by atoms with Crippen LogP contribution in [0.4, 0.5) is 10.1 Å². The van der Waals surface area contributed by atoms with Crippen molar-refractivity contribution in [2.24, 2.45) is 0 Å². The van der Waals surface area contributed by atoms with E-state index in [1.165, 1.54) is 27.1 Å². The number of anilines is 1. The number of para-hydroxylation sites is 1. The first-order valence-electron chi connectivity index (χ1n) is 9.67. The monoisotopic (exact) mass is 411 g/mol. The van der Waals surface area contributed by atoms with Gasteiger partial charge in [0.05, 0.1) is 11.7 Å². The molecule has 1 saturated heterocycles. The van der Waals surface area contributed by atoms with Crippen LogP contribution in [0.1, 0.15) is 36.4 Å². The summed E-state index contributed by atoms with van der Waals surface area (Å²) in [4.78, 5) is 4.78. The van der Waals surface area contributed by atoms with Crippen LogP contribution in [0.3, 0.4) is 0 Å². The number of nitrogens with zero attached hydrogens (tertiary/aromatic N) is 1. The average molecular weight is 412 g/mol. The topological polar surface area (TPSA) is 3.24 Å². The summed E-state index contributed by atoms with van der Waals surface area (Å²) in [5, 5.41) is 0.443. The molecule has 0 N–H and O–H groups in total. The van der Waals surface area contributed by atoms with Gasteiger partial charge in [0.25, 0.3) is 0 Å². The third-order valence-electron chi connectivity index (χ3n) is 5.25.